The number of halogens is 1. The minimum atomic E-state index is -0.582. The molecule has 28 heavy (non-hydrogen) atoms. The number of likely N-dealkylation sites (tertiary alicyclic amines) is 1. The van der Waals surface area contributed by atoms with Crippen molar-refractivity contribution in [1.29, 1.82) is 0 Å². The molecule has 1 fully saturated rings. The Morgan fingerprint density at radius 1 is 1.07 bits per heavy atom. The van der Waals surface area contributed by atoms with Crippen LogP contribution in [0.3, 0.4) is 0 Å². The Bertz CT molecular complexity index is 991. The third kappa shape index (κ3) is 3.77. The molecule has 1 atom stereocenters. The first-order valence-electron chi connectivity index (χ1n) is 8.88. The van der Waals surface area contributed by atoms with Crippen LogP contribution < -0.4 is 5.32 Å². The molecule has 2 aromatic carbocycles. The molecule has 1 N–H and O–H groups in total. The molecule has 0 radical (unpaired) electrons. The van der Waals surface area contributed by atoms with Crippen molar-refractivity contribution < 1.29 is 14.0 Å². The van der Waals surface area contributed by atoms with Gasteiger partial charge >= 0.3 is 0 Å². The molecule has 0 saturated carbocycles. The Labute approximate surface area is 165 Å². The molecule has 0 aliphatic carbocycles. The van der Waals surface area contributed by atoms with E-state index in [-0.39, 0.29) is 11.8 Å². The maximum atomic E-state index is 13.1. The topological polar surface area (TPSA) is 75.2 Å². The van der Waals surface area contributed by atoms with Crippen molar-refractivity contribution >= 4 is 28.3 Å². The summed E-state index contributed by atoms with van der Waals surface area (Å²) >= 11 is 1.28. The highest BCUT2D eigenvalue weighted by Gasteiger charge is 2.35. The molecule has 0 spiro atoms. The number of anilines is 1. The molecule has 0 bridgehead atoms. The number of amides is 2. The Morgan fingerprint density at radius 3 is 2.57 bits per heavy atom. The Hall–Kier alpha value is -3.13. The van der Waals surface area contributed by atoms with Crippen molar-refractivity contribution in [2.24, 2.45) is 0 Å². The number of rotatable bonds is 4. The zero-order valence-corrected chi connectivity index (χ0v) is 15.7. The average molecular weight is 396 g/mol. The third-order valence-electron chi connectivity index (χ3n) is 4.58. The van der Waals surface area contributed by atoms with Gasteiger partial charge in [-0.15, -0.1) is 10.2 Å². The van der Waals surface area contributed by atoms with E-state index >= 15 is 0 Å². The number of nitrogens with one attached hydrogen (secondary N) is 1. The lowest BCUT2D eigenvalue weighted by Gasteiger charge is -2.23. The highest BCUT2D eigenvalue weighted by molar-refractivity contribution is 7.18. The molecule has 1 aromatic heterocycles. The van der Waals surface area contributed by atoms with Gasteiger partial charge in [0.1, 0.15) is 16.9 Å². The molecule has 6 nitrogen and oxygen atoms in total. The van der Waals surface area contributed by atoms with Crippen LogP contribution in [-0.4, -0.2) is 39.5 Å². The maximum absolute atomic E-state index is 13.1. The molecule has 0 unspecified atom stereocenters. The van der Waals surface area contributed by atoms with E-state index in [9.17, 15) is 14.0 Å². The minimum absolute atomic E-state index is 0.278. The van der Waals surface area contributed by atoms with Crippen molar-refractivity contribution in [2.75, 3.05) is 11.9 Å². The second-order valence-electron chi connectivity index (χ2n) is 6.43. The normalized spacial score (nSPS) is 16.2. The predicted molar refractivity (Wildman–Crippen MR) is 104 cm³/mol. The fraction of sp³-hybridized carbons (Fsp3) is 0.200. The van der Waals surface area contributed by atoms with Gasteiger partial charge in [0.25, 0.3) is 5.91 Å². The van der Waals surface area contributed by atoms with Gasteiger partial charge in [0, 0.05) is 17.7 Å². The van der Waals surface area contributed by atoms with Gasteiger partial charge in [0.05, 0.1) is 0 Å². The smallest absolute Gasteiger partial charge is 0.254 e. The SMILES string of the molecule is O=C(Nc1nnc(-c2ccccc2)s1)[C@@H]1CCCN1C(=O)c1ccc(F)cc1. The Morgan fingerprint density at radius 2 is 1.82 bits per heavy atom. The van der Waals surface area contributed by atoms with Crippen LogP contribution in [0, 0.1) is 5.82 Å². The van der Waals surface area contributed by atoms with Gasteiger partial charge in [-0.25, -0.2) is 4.39 Å². The molecule has 142 valence electrons. The largest absolute Gasteiger partial charge is 0.327 e. The summed E-state index contributed by atoms with van der Waals surface area (Å²) in [6.45, 7) is 0.486. The maximum Gasteiger partial charge on any atom is 0.254 e. The summed E-state index contributed by atoms with van der Waals surface area (Å²) in [6.07, 6.45) is 1.31. The van der Waals surface area contributed by atoms with Gasteiger partial charge < -0.3 is 4.90 Å². The lowest BCUT2D eigenvalue weighted by atomic mass is 10.1. The fourth-order valence-corrected chi connectivity index (χ4v) is 3.95. The van der Waals surface area contributed by atoms with E-state index in [2.05, 4.69) is 15.5 Å². The van der Waals surface area contributed by atoms with E-state index in [1.165, 1.54) is 40.5 Å². The van der Waals surface area contributed by atoms with Crippen LogP contribution in [0.2, 0.25) is 0 Å². The molecule has 1 saturated heterocycles. The zero-order valence-electron chi connectivity index (χ0n) is 14.8. The average Bonchev–Trinajstić information content (AvgIpc) is 3.38. The van der Waals surface area contributed by atoms with Gasteiger partial charge in [-0.05, 0) is 37.1 Å². The van der Waals surface area contributed by atoms with Crippen LogP contribution in [0.25, 0.3) is 10.6 Å². The van der Waals surface area contributed by atoms with Crippen LogP contribution in [0.4, 0.5) is 9.52 Å². The quantitative estimate of drug-likeness (QED) is 0.731. The first-order valence-corrected chi connectivity index (χ1v) is 9.70. The molecule has 8 heteroatoms. The van der Waals surface area contributed by atoms with Crippen molar-refractivity contribution in [3.05, 3.63) is 66.0 Å². The number of aromatic nitrogens is 2. The number of hydrogen-bond acceptors (Lipinski definition) is 5. The van der Waals surface area contributed by atoms with Gasteiger partial charge in [-0.1, -0.05) is 41.7 Å². The number of carbonyl (C=O) groups is 2. The number of nitrogens with zero attached hydrogens (tertiary/aromatic N) is 3. The second-order valence-corrected chi connectivity index (χ2v) is 7.41. The number of benzene rings is 2. The lowest BCUT2D eigenvalue weighted by molar-refractivity contribution is -0.119. The fourth-order valence-electron chi connectivity index (χ4n) is 3.20. The highest BCUT2D eigenvalue weighted by Crippen LogP contribution is 2.27. The van der Waals surface area contributed by atoms with Crippen molar-refractivity contribution in [3.8, 4) is 10.6 Å². The second kappa shape index (κ2) is 7.85. The van der Waals surface area contributed by atoms with Gasteiger partial charge in [-0.3, -0.25) is 14.9 Å². The highest BCUT2D eigenvalue weighted by atomic mass is 32.1. The minimum Gasteiger partial charge on any atom is -0.327 e. The zero-order chi connectivity index (χ0) is 19.5. The van der Waals surface area contributed by atoms with Crippen LogP contribution in [-0.2, 0) is 4.79 Å². The van der Waals surface area contributed by atoms with Crippen LogP contribution >= 0.6 is 11.3 Å². The monoisotopic (exact) mass is 396 g/mol. The first-order chi connectivity index (χ1) is 13.6. The van der Waals surface area contributed by atoms with Crippen molar-refractivity contribution in [2.45, 2.75) is 18.9 Å². The van der Waals surface area contributed by atoms with E-state index in [1.807, 2.05) is 30.3 Å². The van der Waals surface area contributed by atoms with E-state index in [0.29, 0.717) is 28.7 Å². The molecular formula is C20H17FN4O2S. The van der Waals surface area contributed by atoms with Crippen LogP contribution in [0.15, 0.2) is 54.6 Å². The molecule has 4 rings (SSSR count). The summed E-state index contributed by atoms with van der Waals surface area (Å²) in [4.78, 5) is 27.0. The molecule has 1 aliphatic rings. The predicted octanol–water partition coefficient (Wildman–Crippen LogP) is 3.59. The molecule has 3 aromatic rings. The first kappa shape index (κ1) is 18.2. The number of hydrogen-bond donors (Lipinski definition) is 1. The molecule has 2 heterocycles. The Balaban J connectivity index is 1.46. The summed E-state index contributed by atoms with van der Waals surface area (Å²) in [7, 11) is 0. The summed E-state index contributed by atoms with van der Waals surface area (Å²) in [5, 5.41) is 12.0. The standard InChI is InChI=1S/C20H17FN4O2S/c21-15-10-8-14(9-11-15)19(27)25-12-4-7-16(25)17(26)22-20-24-23-18(28-20)13-5-2-1-3-6-13/h1-3,5-6,8-11,16H,4,7,12H2,(H,22,24,26)/t16-/m0/s1. The van der Waals surface area contributed by atoms with Crippen LogP contribution in [0.5, 0.6) is 0 Å². The molecule has 2 amide bonds. The summed E-state index contributed by atoms with van der Waals surface area (Å²) in [5.41, 5.74) is 1.29. The summed E-state index contributed by atoms with van der Waals surface area (Å²) < 4.78 is 13.1. The van der Waals surface area contributed by atoms with E-state index in [0.717, 1.165) is 12.0 Å². The number of carbonyl (C=O) groups excluding carboxylic acids is 2. The summed E-state index contributed by atoms with van der Waals surface area (Å²) in [6, 6.07) is 14.3. The van der Waals surface area contributed by atoms with Crippen molar-refractivity contribution in [3.63, 3.8) is 0 Å². The van der Waals surface area contributed by atoms with Gasteiger partial charge in [0.2, 0.25) is 11.0 Å². The van der Waals surface area contributed by atoms with E-state index in [4.69, 9.17) is 0 Å². The van der Waals surface area contributed by atoms with Gasteiger partial charge in [0.15, 0.2) is 0 Å². The third-order valence-corrected chi connectivity index (χ3v) is 5.47. The van der Waals surface area contributed by atoms with Crippen LogP contribution in [0.1, 0.15) is 23.2 Å². The van der Waals surface area contributed by atoms with E-state index < -0.39 is 11.9 Å². The Kier molecular flexibility index (Phi) is 5.12. The summed E-state index contributed by atoms with van der Waals surface area (Å²) in [5.74, 6) is -0.971. The molecule has 1 aliphatic heterocycles. The van der Waals surface area contributed by atoms with E-state index in [1.54, 1.807) is 0 Å². The van der Waals surface area contributed by atoms with Gasteiger partial charge in [-0.2, -0.15) is 0 Å². The van der Waals surface area contributed by atoms with Crippen molar-refractivity contribution in [1.82, 2.24) is 15.1 Å². The molecular weight excluding hydrogens is 379 g/mol. The lowest BCUT2D eigenvalue weighted by Crippen LogP contribution is -2.43.